The van der Waals surface area contributed by atoms with Gasteiger partial charge in [0.1, 0.15) is 0 Å². The van der Waals surface area contributed by atoms with Gasteiger partial charge in [-0.25, -0.2) is 0 Å². The van der Waals surface area contributed by atoms with Crippen LogP contribution in [0.4, 0.5) is 5.69 Å². The number of benzene rings is 1. The Morgan fingerprint density at radius 1 is 1.32 bits per heavy atom. The molecule has 19 heavy (non-hydrogen) atoms. The number of rotatable bonds is 5. The van der Waals surface area contributed by atoms with Gasteiger partial charge in [0, 0.05) is 36.9 Å². The van der Waals surface area contributed by atoms with Crippen LogP contribution in [0.3, 0.4) is 0 Å². The third-order valence-corrected chi connectivity index (χ3v) is 4.68. The highest BCUT2D eigenvalue weighted by atomic mass is 35.5. The molecule has 0 radical (unpaired) electrons. The van der Waals surface area contributed by atoms with Crippen LogP contribution in [0.2, 0.25) is 5.02 Å². The largest absolute Gasteiger partial charge is 0.375 e. The fourth-order valence-electron chi connectivity index (χ4n) is 2.89. The molecule has 0 atom stereocenters. The average molecular weight is 281 g/mol. The molecule has 3 heteroatoms. The highest BCUT2D eigenvalue weighted by Gasteiger charge is 2.16. The maximum absolute atomic E-state index is 6.38. The zero-order valence-corrected chi connectivity index (χ0v) is 13.1. The van der Waals surface area contributed by atoms with Gasteiger partial charge in [-0.05, 0) is 49.9 Å². The number of nitrogens with one attached hydrogen (secondary N) is 1. The maximum atomic E-state index is 6.38. The lowest BCUT2D eigenvalue weighted by Gasteiger charge is -2.23. The monoisotopic (exact) mass is 280 g/mol. The molecule has 1 N–H and O–H groups in total. The van der Waals surface area contributed by atoms with E-state index in [1.54, 1.807) is 0 Å². The summed E-state index contributed by atoms with van der Waals surface area (Å²) in [6, 6.07) is 4.84. The van der Waals surface area contributed by atoms with Crippen molar-refractivity contribution < 1.29 is 0 Å². The number of hydrogen-bond donors (Lipinski definition) is 1. The maximum Gasteiger partial charge on any atom is 0.0455 e. The Bertz CT molecular complexity index is 425. The van der Waals surface area contributed by atoms with Crippen molar-refractivity contribution in [2.75, 3.05) is 18.5 Å². The SMILES string of the molecule is CCN(C)c1ccc(Cl)c(CNC2CCCC2)c1C. The minimum absolute atomic E-state index is 0.683. The molecular formula is C16H25ClN2. The Hall–Kier alpha value is -0.730. The standard InChI is InChI=1S/C16H25ClN2/c1-4-19(3)16-10-9-15(17)14(12(16)2)11-18-13-7-5-6-8-13/h9-10,13,18H,4-8,11H2,1-3H3. The lowest BCUT2D eigenvalue weighted by molar-refractivity contribution is 0.523. The lowest BCUT2D eigenvalue weighted by Crippen LogP contribution is -2.26. The topological polar surface area (TPSA) is 15.3 Å². The molecule has 106 valence electrons. The van der Waals surface area contributed by atoms with E-state index in [0.29, 0.717) is 6.04 Å². The molecule has 1 aromatic carbocycles. The Morgan fingerprint density at radius 3 is 2.63 bits per heavy atom. The zero-order chi connectivity index (χ0) is 13.8. The molecule has 1 aliphatic carbocycles. The fraction of sp³-hybridized carbons (Fsp3) is 0.625. The van der Waals surface area contributed by atoms with E-state index in [0.717, 1.165) is 18.1 Å². The minimum Gasteiger partial charge on any atom is -0.375 e. The van der Waals surface area contributed by atoms with Gasteiger partial charge >= 0.3 is 0 Å². The first-order valence-corrected chi connectivity index (χ1v) is 7.73. The van der Waals surface area contributed by atoms with Crippen LogP contribution < -0.4 is 10.2 Å². The van der Waals surface area contributed by atoms with Crippen LogP contribution in [-0.4, -0.2) is 19.6 Å². The van der Waals surface area contributed by atoms with E-state index < -0.39 is 0 Å². The molecule has 0 aromatic heterocycles. The van der Waals surface area contributed by atoms with Crippen molar-refractivity contribution in [3.63, 3.8) is 0 Å². The van der Waals surface area contributed by atoms with E-state index in [2.05, 4.69) is 37.2 Å². The summed E-state index contributed by atoms with van der Waals surface area (Å²) in [6.45, 7) is 6.25. The van der Waals surface area contributed by atoms with Crippen LogP contribution in [0.1, 0.15) is 43.7 Å². The molecule has 1 aliphatic rings. The number of anilines is 1. The molecule has 0 heterocycles. The molecule has 0 aliphatic heterocycles. The van der Waals surface area contributed by atoms with Crippen LogP contribution in [0.5, 0.6) is 0 Å². The Labute approximate surface area is 122 Å². The lowest BCUT2D eigenvalue weighted by atomic mass is 10.1. The quantitative estimate of drug-likeness (QED) is 0.872. The van der Waals surface area contributed by atoms with Crippen molar-refractivity contribution in [1.29, 1.82) is 0 Å². The summed E-state index contributed by atoms with van der Waals surface area (Å²) in [5.41, 5.74) is 3.85. The summed E-state index contributed by atoms with van der Waals surface area (Å²) in [5.74, 6) is 0. The van der Waals surface area contributed by atoms with E-state index in [-0.39, 0.29) is 0 Å². The summed E-state index contributed by atoms with van der Waals surface area (Å²) in [4.78, 5) is 2.27. The van der Waals surface area contributed by atoms with Crippen molar-refractivity contribution in [2.45, 2.75) is 52.1 Å². The highest BCUT2D eigenvalue weighted by Crippen LogP contribution is 2.29. The molecule has 2 rings (SSSR count). The van der Waals surface area contributed by atoms with Crippen LogP contribution in [0, 0.1) is 6.92 Å². The van der Waals surface area contributed by atoms with Crippen molar-refractivity contribution in [3.8, 4) is 0 Å². The molecule has 1 aromatic rings. The number of hydrogen-bond acceptors (Lipinski definition) is 2. The van der Waals surface area contributed by atoms with Gasteiger partial charge in [-0.15, -0.1) is 0 Å². The molecule has 1 saturated carbocycles. The molecular weight excluding hydrogens is 256 g/mol. The van der Waals surface area contributed by atoms with Gasteiger partial charge in [-0.3, -0.25) is 0 Å². The first kappa shape index (κ1) is 14.7. The zero-order valence-electron chi connectivity index (χ0n) is 12.3. The molecule has 2 nitrogen and oxygen atoms in total. The van der Waals surface area contributed by atoms with E-state index in [1.165, 1.54) is 42.5 Å². The Morgan fingerprint density at radius 2 is 2.00 bits per heavy atom. The van der Waals surface area contributed by atoms with E-state index >= 15 is 0 Å². The first-order chi connectivity index (χ1) is 9.13. The third-order valence-electron chi connectivity index (χ3n) is 4.32. The molecule has 0 amide bonds. The van der Waals surface area contributed by atoms with Crippen molar-refractivity contribution >= 4 is 17.3 Å². The smallest absolute Gasteiger partial charge is 0.0455 e. The molecule has 0 spiro atoms. The fourth-order valence-corrected chi connectivity index (χ4v) is 3.16. The van der Waals surface area contributed by atoms with Gasteiger partial charge in [0.05, 0.1) is 0 Å². The second-order valence-electron chi connectivity index (χ2n) is 5.55. The Balaban J connectivity index is 2.13. The summed E-state index contributed by atoms with van der Waals surface area (Å²) in [7, 11) is 2.13. The van der Waals surface area contributed by atoms with Gasteiger partial charge in [0.2, 0.25) is 0 Å². The van der Waals surface area contributed by atoms with Gasteiger partial charge in [0.15, 0.2) is 0 Å². The normalized spacial score (nSPS) is 16.0. The van der Waals surface area contributed by atoms with E-state index in [9.17, 15) is 0 Å². The second-order valence-corrected chi connectivity index (χ2v) is 5.95. The van der Waals surface area contributed by atoms with E-state index in [1.807, 2.05) is 6.07 Å². The summed E-state index contributed by atoms with van der Waals surface area (Å²) in [6.07, 6.45) is 5.35. The summed E-state index contributed by atoms with van der Waals surface area (Å²) in [5, 5.41) is 4.55. The third kappa shape index (κ3) is 3.43. The summed E-state index contributed by atoms with van der Waals surface area (Å²) < 4.78 is 0. The van der Waals surface area contributed by atoms with E-state index in [4.69, 9.17) is 11.6 Å². The van der Waals surface area contributed by atoms with Gasteiger partial charge in [-0.1, -0.05) is 24.4 Å². The van der Waals surface area contributed by atoms with Crippen LogP contribution >= 0.6 is 11.6 Å². The van der Waals surface area contributed by atoms with Crippen molar-refractivity contribution in [2.24, 2.45) is 0 Å². The molecule has 0 saturated heterocycles. The molecule has 0 bridgehead atoms. The van der Waals surface area contributed by atoms with Crippen LogP contribution in [-0.2, 0) is 6.54 Å². The second kappa shape index (κ2) is 6.62. The first-order valence-electron chi connectivity index (χ1n) is 7.36. The van der Waals surface area contributed by atoms with Crippen molar-refractivity contribution in [1.82, 2.24) is 5.32 Å². The number of nitrogens with zero attached hydrogens (tertiary/aromatic N) is 1. The predicted molar refractivity (Wildman–Crippen MR) is 84.2 cm³/mol. The average Bonchev–Trinajstić information content (AvgIpc) is 2.91. The molecule has 0 unspecified atom stereocenters. The highest BCUT2D eigenvalue weighted by molar-refractivity contribution is 6.31. The van der Waals surface area contributed by atoms with Crippen LogP contribution in [0.25, 0.3) is 0 Å². The minimum atomic E-state index is 0.683. The number of halogens is 1. The van der Waals surface area contributed by atoms with Gasteiger partial charge in [-0.2, -0.15) is 0 Å². The predicted octanol–water partition coefficient (Wildman–Crippen LogP) is 4.14. The molecule has 1 fully saturated rings. The summed E-state index contributed by atoms with van der Waals surface area (Å²) >= 11 is 6.38. The van der Waals surface area contributed by atoms with Crippen LogP contribution in [0.15, 0.2) is 12.1 Å². The van der Waals surface area contributed by atoms with Gasteiger partial charge in [0.25, 0.3) is 0 Å². The van der Waals surface area contributed by atoms with Gasteiger partial charge < -0.3 is 10.2 Å². The Kier molecular flexibility index (Phi) is 5.12. The van der Waals surface area contributed by atoms with Crippen molar-refractivity contribution in [3.05, 3.63) is 28.3 Å².